The number of rotatable bonds is 4. The van der Waals surface area contributed by atoms with Crippen LogP contribution in [0, 0.1) is 6.92 Å². The summed E-state index contributed by atoms with van der Waals surface area (Å²) in [5.41, 5.74) is 3.31. The van der Waals surface area contributed by atoms with E-state index in [2.05, 4.69) is 57.6 Å². The van der Waals surface area contributed by atoms with Gasteiger partial charge in [-0.2, -0.15) is 0 Å². The molecular weight excluding hydrogens is 356 g/mol. The van der Waals surface area contributed by atoms with Crippen molar-refractivity contribution >= 4 is 21.6 Å². The molecule has 2 aromatic heterocycles. The monoisotopic (exact) mass is 376 g/mol. The Labute approximate surface area is 161 Å². The molecule has 1 aliphatic heterocycles. The molecule has 0 aliphatic carbocycles. The Morgan fingerprint density at radius 1 is 1.11 bits per heavy atom. The highest BCUT2D eigenvalue weighted by Gasteiger charge is 2.29. The zero-order chi connectivity index (χ0) is 18.2. The third-order valence-electron chi connectivity index (χ3n) is 5.03. The van der Waals surface area contributed by atoms with Gasteiger partial charge in [-0.25, -0.2) is 4.98 Å². The van der Waals surface area contributed by atoms with Crippen LogP contribution in [0.1, 0.15) is 29.5 Å². The van der Waals surface area contributed by atoms with E-state index in [1.165, 1.54) is 21.7 Å². The fourth-order valence-corrected chi connectivity index (χ4v) is 4.73. The number of hydrogen-bond donors (Lipinski definition) is 0. The predicted octanol–water partition coefficient (Wildman–Crippen LogP) is 4.05. The first-order valence-corrected chi connectivity index (χ1v) is 10.0. The number of aryl methyl sites for hydroxylation is 1. The average molecular weight is 376 g/mol. The molecule has 1 atom stereocenters. The lowest BCUT2D eigenvalue weighted by molar-refractivity contribution is 0.177. The molecule has 0 amide bonds. The Balaban J connectivity index is 1.36. The van der Waals surface area contributed by atoms with E-state index >= 15 is 0 Å². The van der Waals surface area contributed by atoms with Crippen LogP contribution in [0.5, 0.6) is 0 Å². The lowest BCUT2D eigenvalue weighted by Crippen LogP contribution is -2.27. The highest BCUT2D eigenvalue weighted by molar-refractivity contribution is 7.18. The van der Waals surface area contributed by atoms with E-state index in [1.54, 1.807) is 16.1 Å². The summed E-state index contributed by atoms with van der Waals surface area (Å²) in [7, 11) is 0. The summed E-state index contributed by atoms with van der Waals surface area (Å²) in [4.78, 5) is 8.96. The van der Waals surface area contributed by atoms with E-state index in [0.717, 1.165) is 24.0 Å². The molecule has 5 rings (SSSR count). The van der Waals surface area contributed by atoms with Crippen LogP contribution in [0.25, 0.3) is 21.6 Å². The van der Waals surface area contributed by atoms with Gasteiger partial charge in [0.05, 0.1) is 16.3 Å². The van der Waals surface area contributed by atoms with Crippen molar-refractivity contribution in [1.29, 1.82) is 0 Å². The maximum absolute atomic E-state index is 4.86. The van der Waals surface area contributed by atoms with E-state index in [1.807, 2.05) is 18.2 Å². The van der Waals surface area contributed by atoms with E-state index < -0.39 is 0 Å². The maximum atomic E-state index is 4.86. The molecule has 6 nitrogen and oxygen atoms in total. The molecule has 136 valence electrons. The van der Waals surface area contributed by atoms with Crippen molar-refractivity contribution < 1.29 is 0 Å². The van der Waals surface area contributed by atoms with Gasteiger partial charge in [0, 0.05) is 12.1 Å². The molecule has 27 heavy (non-hydrogen) atoms. The van der Waals surface area contributed by atoms with Crippen LogP contribution in [-0.2, 0) is 6.67 Å². The summed E-state index contributed by atoms with van der Waals surface area (Å²) in [6.45, 7) is 3.74. The molecule has 1 aliphatic rings. The molecule has 0 bridgehead atoms. The second-order valence-corrected chi connectivity index (χ2v) is 8.05. The summed E-state index contributed by atoms with van der Waals surface area (Å²) in [6, 6.07) is 16.9. The van der Waals surface area contributed by atoms with Crippen molar-refractivity contribution in [3.63, 3.8) is 0 Å². The first kappa shape index (κ1) is 16.5. The highest BCUT2D eigenvalue weighted by atomic mass is 32.1. The number of nitrogens with zero attached hydrogens (tertiary/aromatic N) is 6. The third-order valence-corrected chi connectivity index (χ3v) is 6.17. The van der Waals surface area contributed by atoms with Gasteiger partial charge < -0.3 is 0 Å². The topological polar surface area (TPSA) is 59.7 Å². The third kappa shape index (κ3) is 3.24. The Hall–Kier alpha value is -2.64. The Kier molecular flexibility index (Phi) is 4.18. The number of aromatic nitrogens is 5. The van der Waals surface area contributed by atoms with Gasteiger partial charge in [-0.3, -0.25) is 4.90 Å². The fourth-order valence-electron chi connectivity index (χ4n) is 3.59. The summed E-state index contributed by atoms with van der Waals surface area (Å²) >= 11 is 1.79. The summed E-state index contributed by atoms with van der Waals surface area (Å²) in [5.74, 6) is 0.672. The van der Waals surface area contributed by atoms with Crippen LogP contribution < -0.4 is 0 Å². The number of likely N-dealkylation sites (tertiary alicyclic amines) is 1. The van der Waals surface area contributed by atoms with Gasteiger partial charge in [0.25, 0.3) is 0 Å². The van der Waals surface area contributed by atoms with Crippen LogP contribution in [0.3, 0.4) is 0 Å². The quantitative estimate of drug-likeness (QED) is 0.538. The second kappa shape index (κ2) is 6.83. The Bertz CT molecular complexity index is 1030. The zero-order valence-corrected chi connectivity index (χ0v) is 15.9. The van der Waals surface area contributed by atoms with Crippen molar-refractivity contribution in [3.8, 4) is 11.4 Å². The van der Waals surface area contributed by atoms with Gasteiger partial charge in [-0.1, -0.05) is 42.0 Å². The largest absolute Gasteiger partial charge is 0.273 e. The molecule has 3 heterocycles. The SMILES string of the molecule is Cc1ccc(-c2nnn(CN3CCC[C@@H]3c3nc4ccccc4s3)n2)cc1. The molecule has 2 aromatic carbocycles. The minimum absolute atomic E-state index is 0.330. The van der Waals surface area contributed by atoms with Gasteiger partial charge in [0.15, 0.2) is 0 Å². The molecule has 0 N–H and O–H groups in total. The van der Waals surface area contributed by atoms with E-state index in [4.69, 9.17) is 4.98 Å². The van der Waals surface area contributed by atoms with Crippen LogP contribution in [0.2, 0.25) is 0 Å². The van der Waals surface area contributed by atoms with Crippen molar-refractivity contribution in [2.45, 2.75) is 32.5 Å². The molecule has 0 radical (unpaired) electrons. The van der Waals surface area contributed by atoms with Gasteiger partial charge in [-0.05, 0) is 37.1 Å². The molecule has 0 spiro atoms. The molecule has 1 fully saturated rings. The summed E-state index contributed by atoms with van der Waals surface area (Å²) in [6.07, 6.45) is 2.29. The molecule has 1 saturated heterocycles. The number of hydrogen-bond acceptors (Lipinski definition) is 6. The number of tetrazole rings is 1. The molecule has 0 unspecified atom stereocenters. The van der Waals surface area contributed by atoms with E-state index in [-0.39, 0.29) is 0 Å². The number of para-hydroxylation sites is 1. The Morgan fingerprint density at radius 3 is 2.81 bits per heavy atom. The van der Waals surface area contributed by atoms with E-state index in [9.17, 15) is 0 Å². The number of fused-ring (bicyclic) bond motifs is 1. The Morgan fingerprint density at radius 2 is 1.96 bits per heavy atom. The molecule has 7 heteroatoms. The first-order valence-electron chi connectivity index (χ1n) is 9.21. The maximum Gasteiger partial charge on any atom is 0.204 e. The van der Waals surface area contributed by atoms with Crippen molar-refractivity contribution in [3.05, 3.63) is 59.1 Å². The van der Waals surface area contributed by atoms with E-state index in [0.29, 0.717) is 18.5 Å². The lowest BCUT2D eigenvalue weighted by Gasteiger charge is -2.21. The number of thiazole rings is 1. The lowest BCUT2D eigenvalue weighted by atomic mass is 10.1. The first-order chi connectivity index (χ1) is 13.3. The minimum atomic E-state index is 0.330. The second-order valence-electron chi connectivity index (χ2n) is 6.98. The van der Waals surface area contributed by atoms with Gasteiger partial charge in [-0.15, -0.1) is 26.3 Å². The zero-order valence-electron chi connectivity index (χ0n) is 15.1. The molecule has 4 aromatic rings. The van der Waals surface area contributed by atoms with Gasteiger partial charge >= 0.3 is 0 Å². The summed E-state index contributed by atoms with van der Waals surface area (Å²) in [5, 5.41) is 14.3. The summed E-state index contributed by atoms with van der Waals surface area (Å²) < 4.78 is 1.25. The highest BCUT2D eigenvalue weighted by Crippen LogP contribution is 2.36. The van der Waals surface area contributed by atoms with Crippen LogP contribution in [0.15, 0.2) is 48.5 Å². The van der Waals surface area contributed by atoms with Gasteiger partial charge in [0.1, 0.15) is 11.7 Å². The fraction of sp³-hybridized carbons (Fsp3) is 0.300. The smallest absolute Gasteiger partial charge is 0.204 e. The molecule has 0 saturated carbocycles. The predicted molar refractivity (Wildman–Crippen MR) is 106 cm³/mol. The average Bonchev–Trinajstić information content (AvgIpc) is 3.41. The molecular formula is C20H20N6S. The van der Waals surface area contributed by atoms with Crippen molar-refractivity contribution in [2.75, 3.05) is 6.54 Å². The normalized spacial score (nSPS) is 17.7. The van der Waals surface area contributed by atoms with Crippen molar-refractivity contribution in [1.82, 2.24) is 30.1 Å². The van der Waals surface area contributed by atoms with Gasteiger partial charge in [0.2, 0.25) is 5.82 Å². The van der Waals surface area contributed by atoms with Crippen LogP contribution in [0.4, 0.5) is 0 Å². The number of benzene rings is 2. The van der Waals surface area contributed by atoms with Crippen molar-refractivity contribution in [2.24, 2.45) is 0 Å². The van der Waals surface area contributed by atoms with Crippen LogP contribution in [-0.4, -0.2) is 36.6 Å². The standard InChI is InChI=1S/C20H20N6S/c1-14-8-10-15(11-9-14)19-22-24-26(23-19)13-25-12-4-6-17(25)20-21-16-5-2-3-7-18(16)27-20/h2-3,5,7-11,17H,4,6,12-13H2,1H3/t17-/m1/s1. The minimum Gasteiger partial charge on any atom is -0.273 e. The van der Waals surface area contributed by atoms with Crippen LogP contribution >= 0.6 is 11.3 Å².